The van der Waals surface area contributed by atoms with Gasteiger partial charge in [-0.25, -0.2) is 0 Å². The van der Waals surface area contributed by atoms with Crippen molar-refractivity contribution < 1.29 is 14.5 Å². The molecule has 0 saturated heterocycles. The summed E-state index contributed by atoms with van der Waals surface area (Å²) in [6, 6.07) is 18.4. The summed E-state index contributed by atoms with van der Waals surface area (Å²) in [6.07, 6.45) is 0. The minimum absolute atomic E-state index is 0.0996. The van der Waals surface area contributed by atoms with E-state index in [1.165, 1.54) is 30.3 Å². The lowest BCUT2D eigenvalue weighted by atomic mass is 10.1. The summed E-state index contributed by atoms with van der Waals surface area (Å²) in [5.74, 6) is -0.779. The van der Waals surface area contributed by atoms with Crippen molar-refractivity contribution in [1.29, 1.82) is 0 Å². The van der Waals surface area contributed by atoms with Crippen LogP contribution < -0.4 is 10.6 Å². The first-order chi connectivity index (χ1) is 13.4. The zero-order chi connectivity index (χ0) is 20.1. The molecule has 2 amide bonds. The normalized spacial score (nSPS) is 10.2. The number of nitro benzene ring substituents is 1. The fraction of sp³-hybridized carbons (Fsp3) is 0. The summed E-state index contributed by atoms with van der Waals surface area (Å²) in [6.45, 7) is 0. The van der Waals surface area contributed by atoms with Crippen molar-refractivity contribution in [1.82, 2.24) is 0 Å². The molecular weight excluding hydrogens is 382 g/mol. The molecule has 3 rings (SSSR count). The van der Waals surface area contributed by atoms with Gasteiger partial charge in [-0.2, -0.15) is 0 Å². The van der Waals surface area contributed by atoms with E-state index in [0.29, 0.717) is 22.0 Å². The van der Waals surface area contributed by atoms with Crippen molar-refractivity contribution in [2.24, 2.45) is 0 Å². The molecule has 0 saturated carbocycles. The van der Waals surface area contributed by atoms with Crippen molar-refractivity contribution >= 4 is 40.5 Å². The highest BCUT2D eigenvalue weighted by Gasteiger charge is 2.11. The van der Waals surface area contributed by atoms with E-state index >= 15 is 0 Å². The van der Waals surface area contributed by atoms with Gasteiger partial charge in [0.25, 0.3) is 17.5 Å². The van der Waals surface area contributed by atoms with Gasteiger partial charge in [0.15, 0.2) is 0 Å². The topological polar surface area (TPSA) is 101 Å². The molecule has 2 N–H and O–H groups in total. The molecule has 0 unspecified atom stereocenters. The van der Waals surface area contributed by atoms with E-state index in [2.05, 4.69) is 10.6 Å². The van der Waals surface area contributed by atoms with E-state index in [-0.39, 0.29) is 17.2 Å². The minimum Gasteiger partial charge on any atom is -0.322 e. The second-order valence-corrected chi connectivity index (χ2v) is 6.24. The summed E-state index contributed by atoms with van der Waals surface area (Å²) in [4.78, 5) is 34.8. The first-order valence-electron chi connectivity index (χ1n) is 8.15. The fourth-order valence-corrected chi connectivity index (χ4v) is 2.54. The van der Waals surface area contributed by atoms with E-state index in [1.807, 2.05) is 0 Å². The molecule has 0 aliphatic heterocycles. The molecule has 0 atom stereocenters. The van der Waals surface area contributed by atoms with Crippen LogP contribution in [0.15, 0.2) is 72.8 Å². The average Bonchev–Trinajstić information content (AvgIpc) is 2.70. The summed E-state index contributed by atoms with van der Waals surface area (Å²) in [7, 11) is 0. The Kier molecular flexibility index (Phi) is 5.67. The number of anilines is 2. The Bertz CT molecular complexity index is 1030. The van der Waals surface area contributed by atoms with Gasteiger partial charge in [-0.3, -0.25) is 19.7 Å². The molecule has 3 aromatic rings. The van der Waals surface area contributed by atoms with Gasteiger partial charge in [-0.1, -0.05) is 17.7 Å². The van der Waals surface area contributed by atoms with Gasteiger partial charge < -0.3 is 10.6 Å². The van der Waals surface area contributed by atoms with Crippen molar-refractivity contribution in [2.75, 3.05) is 10.6 Å². The maximum atomic E-state index is 12.4. The zero-order valence-electron chi connectivity index (χ0n) is 14.4. The summed E-state index contributed by atoms with van der Waals surface area (Å²) in [5, 5.41) is 16.7. The summed E-state index contributed by atoms with van der Waals surface area (Å²) in [5.41, 5.74) is 1.54. The van der Waals surface area contributed by atoms with Crippen LogP contribution in [0.2, 0.25) is 5.02 Å². The number of benzene rings is 3. The Hall–Kier alpha value is -3.71. The lowest BCUT2D eigenvalue weighted by Crippen LogP contribution is -2.14. The molecule has 0 fully saturated rings. The predicted molar refractivity (Wildman–Crippen MR) is 107 cm³/mol. The number of hydrogen-bond donors (Lipinski definition) is 2. The minimum atomic E-state index is -0.537. The molecule has 0 aliphatic rings. The van der Waals surface area contributed by atoms with Crippen LogP contribution >= 0.6 is 11.6 Å². The van der Waals surface area contributed by atoms with Gasteiger partial charge in [0.1, 0.15) is 0 Å². The maximum absolute atomic E-state index is 12.4. The molecule has 3 aromatic carbocycles. The lowest BCUT2D eigenvalue weighted by molar-refractivity contribution is -0.384. The Morgan fingerprint density at radius 2 is 1.39 bits per heavy atom. The monoisotopic (exact) mass is 395 g/mol. The van der Waals surface area contributed by atoms with Crippen LogP contribution in [0.5, 0.6) is 0 Å². The molecule has 140 valence electrons. The van der Waals surface area contributed by atoms with Gasteiger partial charge in [0.05, 0.1) is 4.92 Å². The SMILES string of the molecule is O=C(Nc1cccc(C(=O)Nc2ccc(Cl)cc2)c1)c1ccc([N+](=O)[O-])cc1. The average molecular weight is 396 g/mol. The number of amides is 2. The second kappa shape index (κ2) is 8.32. The third kappa shape index (κ3) is 4.72. The highest BCUT2D eigenvalue weighted by Crippen LogP contribution is 2.18. The Morgan fingerprint density at radius 3 is 2.04 bits per heavy atom. The molecule has 0 spiro atoms. The number of carbonyl (C=O) groups is 2. The van der Waals surface area contributed by atoms with Gasteiger partial charge in [-0.05, 0) is 54.6 Å². The molecule has 0 aliphatic carbocycles. The number of hydrogen-bond acceptors (Lipinski definition) is 4. The van der Waals surface area contributed by atoms with Crippen LogP contribution in [-0.2, 0) is 0 Å². The van der Waals surface area contributed by atoms with Crippen molar-refractivity contribution in [2.45, 2.75) is 0 Å². The van der Waals surface area contributed by atoms with E-state index in [0.717, 1.165) is 0 Å². The van der Waals surface area contributed by atoms with Gasteiger partial charge in [0.2, 0.25) is 0 Å². The predicted octanol–water partition coefficient (Wildman–Crippen LogP) is 4.75. The number of nitro groups is 1. The van der Waals surface area contributed by atoms with E-state index < -0.39 is 10.8 Å². The van der Waals surface area contributed by atoms with Crippen LogP contribution in [0.4, 0.5) is 17.1 Å². The largest absolute Gasteiger partial charge is 0.322 e. The second-order valence-electron chi connectivity index (χ2n) is 5.80. The molecular formula is C20H14ClN3O4. The number of halogens is 1. The Labute approximate surface area is 165 Å². The van der Waals surface area contributed by atoms with Gasteiger partial charge in [-0.15, -0.1) is 0 Å². The number of carbonyl (C=O) groups excluding carboxylic acids is 2. The summed E-state index contributed by atoms with van der Waals surface area (Å²) < 4.78 is 0. The van der Waals surface area contributed by atoms with E-state index in [1.54, 1.807) is 42.5 Å². The first-order valence-corrected chi connectivity index (χ1v) is 8.53. The lowest BCUT2D eigenvalue weighted by Gasteiger charge is -2.09. The van der Waals surface area contributed by atoms with Gasteiger partial charge >= 0.3 is 0 Å². The highest BCUT2D eigenvalue weighted by atomic mass is 35.5. The molecule has 0 heterocycles. The van der Waals surface area contributed by atoms with E-state index in [9.17, 15) is 19.7 Å². The number of non-ortho nitro benzene ring substituents is 1. The molecule has 0 radical (unpaired) electrons. The molecule has 8 heteroatoms. The third-order valence-electron chi connectivity index (χ3n) is 3.83. The van der Waals surface area contributed by atoms with Crippen molar-refractivity contribution in [3.8, 4) is 0 Å². The summed E-state index contributed by atoms with van der Waals surface area (Å²) >= 11 is 5.82. The zero-order valence-corrected chi connectivity index (χ0v) is 15.1. The number of rotatable bonds is 5. The molecule has 7 nitrogen and oxygen atoms in total. The van der Waals surface area contributed by atoms with Crippen LogP contribution in [0.3, 0.4) is 0 Å². The quantitative estimate of drug-likeness (QED) is 0.480. The fourth-order valence-electron chi connectivity index (χ4n) is 2.41. The smallest absolute Gasteiger partial charge is 0.269 e. The Balaban J connectivity index is 1.70. The van der Waals surface area contributed by atoms with Crippen LogP contribution in [-0.4, -0.2) is 16.7 Å². The number of nitrogens with zero attached hydrogens (tertiary/aromatic N) is 1. The molecule has 28 heavy (non-hydrogen) atoms. The maximum Gasteiger partial charge on any atom is 0.269 e. The molecule has 0 aromatic heterocycles. The molecule has 0 bridgehead atoms. The van der Waals surface area contributed by atoms with Crippen LogP contribution in [0, 0.1) is 10.1 Å². The van der Waals surface area contributed by atoms with Crippen LogP contribution in [0.25, 0.3) is 0 Å². The standard InChI is InChI=1S/C20H14ClN3O4/c21-15-6-8-16(9-7-15)22-20(26)14-2-1-3-17(12-14)23-19(25)13-4-10-18(11-5-13)24(27)28/h1-12H,(H,22,26)(H,23,25). The van der Waals surface area contributed by atoms with Crippen molar-refractivity contribution in [3.63, 3.8) is 0 Å². The van der Waals surface area contributed by atoms with Crippen molar-refractivity contribution in [3.05, 3.63) is 99.1 Å². The highest BCUT2D eigenvalue weighted by molar-refractivity contribution is 6.30. The van der Waals surface area contributed by atoms with Gasteiger partial charge in [0, 0.05) is 39.7 Å². The van der Waals surface area contributed by atoms with Crippen LogP contribution in [0.1, 0.15) is 20.7 Å². The first kappa shape index (κ1) is 19.1. The van der Waals surface area contributed by atoms with E-state index in [4.69, 9.17) is 11.6 Å². The number of nitrogens with one attached hydrogen (secondary N) is 2. The Morgan fingerprint density at radius 1 is 0.786 bits per heavy atom. The third-order valence-corrected chi connectivity index (χ3v) is 4.08.